The minimum absolute atomic E-state index is 0.230. The second-order valence-electron chi connectivity index (χ2n) is 3.84. The highest BCUT2D eigenvalue weighted by Crippen LogP contribution is 2.26. The van der Waals surface area contributed by atoms with Gasteiger partial charge in [-0.25, -0.2) is 9.37 Å². The molecule has 0 aliphatic heterocycles. The summed E-state index contributed by atoms with van der Waals surface area (Å²) in [5.74, 6) is -0.230. The van der Waals surface area contributed by atoms with Crippen molar-refractivity contribution in [2.45, 2.75) is 6.54 Å². The van der Waals surface area contributed by atoms with Crippen LogP contribution in [-0.4, -0.2) is 9.97 Å². The molecule has 3 nitrogen and oxygen atoms in total. The van der Waals surface area contributed by atoms with Crippen LogP contribution in [-0.2, 0) is 6.54 Å². The number of nitrogens with zero attached hydrogens (tertiary/aromatic N) is 2. The van der Waals surface area contributed by atoms with Crippen LogP contribution in [0, 0.1) is 5.82 Å². The number of hydrogen-bond acceptors (Lipinski definition) is 4. The molecule has 90 valence electrons. The van der Waals surface area contributed by atoms with E-state index in [1.54, 1.807) is 18.5 Å². The van der Waals surface area contributed by atoms with Crippen molar-refractivity contribution in [3.63, 3.8) is 0 Å². The molecule has 2 heterocycles. The van der Waals surface area contributed by atoms with Crippen LogP contribution in [0.1, 0.15) is 5.56 Å². The molecule has 0 saturated carbocycles. The van der Waals surface area contributed by atoms with Crippen LogP contribution in [0.3, 0.4) is 0 Å². The maximum Gasteiger partial charge on any atom is 0.184 e. The summed E-state index contributed by atoms with van der Waals surface area (Å²) < 4.78 is 13.9. The van der Waals surface area contributed by atoms with Crippen molar-refractivity contribution < 1.29 is 4.39 Å². The Morgan fingerprint density at radius 3 is 2.83 bits per heavy atom. The molecule has 0 aliphatic carbocycles. The van der Waals surface area contributed by atoms with E-state index in [2.05, 4.69) is 15.3 Å². The number of pyridine rings is 1. The number of nitrogens with one attached hydrogen (secondary N) is 1. The molecule has 0 amide bonds. The second-order valence-corrected chi connectivity index (χ2v) is 4.87. The monoisotopic (exact) mass is 259 g/mol. The van der Waals surface area contributed by atoms with Gasteiger partial charge in [-0.1, -0.05) is 11.3 Å². The van der Waals surface area contributed by atoms with Crippen LogP contribution in [0.5, 0.6) is 0 Å². The summed E-state index contributed by atoms with van der Waals surface area (Å²) in [7, 11) is 0. The molecular weight excluding hydrogens is 249 g/mol. The van der Waals surface area contributed by atoms with E-state index in [-0.39, 0.29) is 5.82 Å². The lowest BCUT2D eigenvalue weighted by Crippen LogP contribution is -1.98. The average Bonchev–Trinajstić information content (AvgIpc) is 2.79. The van der Waals surface area contributed by atoms with Crippen LogP contribution in [0.15, 0.2) is 42.7 Å². The Hall–Kier alpha value is -2.01. The van der Waals surface area contributed by atoms with E-state index in [4.69, 9.17) is 0 Å². The summed E-state index contributed by atoms with van der Waals surface area (Å²) in [6, 6.07) is 8.51. The summed E-state index contributed by atoms with van der Waals surface area (Å²) in [6.07, 6.45) is 3.51. The molecule has 1 N–H and O–H groups in total. The van der Waals surface area contributed by atoms with Crippen molar-refractivity contribution in [3.8, 4) is 0 Å². The van der Waals surface area contributed by atoms with E-state index in [1.165, 1.54) is 23.5 Å². The fourth-order valence-electron chi connectivity index (χ4n) is 1.65. The van der Waals surface area contributed by atoms with Crippen molar-refractivity contribution in [2.75, 3.05) is 5.32 Å². The fraction of sp³-hybridized carbons (Fsp3) is 0.0769. The Morgan fingerprint density at radius 2 is 2.00 bits per heavy atom. The predicted octanol–water partition coefficient (Wildman–Crippen LogP) is 3.44. The number of thiazole rings is 1. The summed E-state index contributed by atoms with van der Waals surface area (Å²) >= 11 is 1.45. The van der Waals surface area contributed by atoms with Gasteiger partial charge in [0.1, 0.15) is 5.82 Å². The van der Waals surface area contributed by atoms with Gasteiger partial charge in [-0.3, -0.25) is 4.98 Å². The van der Waals surface area contributed by atoms with E-state index in [0.29, 0.717) is 6.54 Å². The van der Waals surface area contributed by atoms with Crippen LogP contribution >= 0.6 is 11.3 Å². The Labute approximate surface area is 107 Å². The van der Waals surface area contributed by atoms with Gasteiger partial charge in [0.15, 0.2) is 5.13 Å². The van der Waals surface area contributed by atoms with Gasteiger partial charge >= 0.3 is 0 Å². The van der Waals surface area contributed by atoms with Gasteiger partial charge in [0.2, 0.25) is 0 Å². The topological polar surface area (TPSA) is 37.8 Å². The normalized spacial score (nSPS) is 10.7. The third-order valence-electron chi connectivity index (χ3n) is 2.54. The molecule has 18 heavy (non-hydrogen) atoms. The van der Waals surface area contributed by atoms with Crippen molar-refractivity contribution in [1.29, 1.82) is 0 Å². The minimum atomic E-state index is -0.230. The SMILES string of the molecule is Fc1ccc2nc(NCc3ccncc3)sc2c1. The number of anilines is 1. The van der Waals surface area contributed by atoms with Crippen LogP contribution in [0.25, 0.3) is 10.2 Å². The number of fused-ring (bicyclic) bond motifs is 1. The van der Waals surface area contributed by atoms with Gasteiger partial charge in [-0.15, -0.1) is 0 Å². The number of rotatable bonds is 3. The molecule has 1 aromatic carbocycles. The predicted molar refractivity (Wildman–Crippen MR) is 71.1 cm³/mol. The van der Waals surface area contributed by atoms with Crippen molar-refractivity contribution in [1.82, 2.24) is 9.97 Å². The van der Waals surface area contributed by atoms with E-state index in [9.17, 15) is 4.39 Å². The van der Waals surface area contributed by atoms with Crippen LogP contribution in [0.4, 0.5) is 9.52 Å². The van der Waals surface area contributed by atoms with Gasteiger partial charge < -0.3 is 5.32 Å². The molecule has 0 radical (unpaired) electrons. The highest BCUT2D eigenvalue weighted by molar-refractivity contribution is 7.22. The first kappa shape index (κ1) is 11.1. The Balaban J connectivity index is 1.79. The Morgan fingerprint density at radius 1 is 1.17 bits per heavy atom. The zero-order valence-corrected chi connectivity index (χ0v) is 10.2. The molecule has 0 aliphatic rings. The van der Waals surface area contributed by atoms with Crippen LogP contribution in [0.2, 0.25) is 0 Å². The summed E-state index contributed by atoms with van der Waals surface area (Å²) in [6.45, 7) is 0.685. The van der Waals surface area contributed by atoms with E-state index < -0.39 is 0 Å². The zero-order chi connectivity index (χ0) is 12.4. The summed E-state index contributed by atoms with van der Waals surface area (Å²) in [4.78, 5) is 8.36. The fourth-order valence-corrected chi connectivity index (χ4v) is 2.54. The van der Waals surface area contributed by atoms with Gasteiger partial charge in [0, 0.05) is 18.9 Å². The van der Waals surface area contributed by atoms with Gasteiger partial charge in [-0.05, 0) is 35.9 Å². The Bertz CT molecular complexity index is 666. The second kappa shape index (κ2) is 4.70. The number of aromatic nitrogens is 2. The quantitative estimate of drug-likeness (QED) is 0.783. The number of benzene rings is 1. The molecule has 0 bridgehead atoms. The smallest absolute Gasteiger partial charge is 0.184 e. The van der Waals surface area contributed by atoms with Crippen LogP contribution < -0.4 is 5.32 Å². The third-order valence-corrected chi connectivity index (χ3v) is 3.52. The first-order valence-electron chi connectivity index (χ1n) is 5.50. The van der Waals surface area contributed by atoms with Gasteiger partial charge in [-0.2, -0.15) is 0 Å². The van der Waals surface area contributed by atoms with Crippen molar-refractivity contribution >= 4 is 26.7 Å². The third kappa shape index (κ3) is 2.31. The number of halogens is 1. The molecule has 3 rings (SSSR count). The first-order chi connectivity index (χ1) is 8.81. The molecule has 0 unspecified atom stereocenters. The Kier molecular flexibility index (Phi) is 2.90. The molecule has 3 aromatic rings. The molecule has 0 fully saturated rings. The van der Waals surface area contributed by atoms with E-state index in [1.807, 2.05) is 12.1 Å². The maximum absolute atomic E-state index is 13.0. The van der Waals surface area contributed by atoms with Gasteiger partial charge in [0.25, 0.3) is 0 Å². The first-order valence-corrected chi connectivity index (χ1v) is 6.32. The standard InChI is InChI=1S/C13H10FN3S/c14-10-1-2-11-12(7-10)18-13(17-11)16-8-9-3-5-15-6-4-9/h1-7H,8H2,(H,16,17). The maximum atomic E-state index is 13.0. The molecule has 0 spiro atoms. The lowest BCUT2D eigenvalue weighted by Gasteiger charge is -2.01. The van der Waals surface area contributed by atoms with E-state index >= 15 is 0 Å². The number of hydrogen-bond donors (Lipinski definition) is 1. The lowest BCUT2D eigenvalue weighted by molar-refractivity contribution is 0.630. The highest BCUT2D eigenvalue weighted by Gasteiger charge is 2.04. The van der Waals surface area contributed by atoms with Crippen molar-refractivity contribution in [3.05, 3.63) is 54.1 Å². The molecule has 0 saturated heterocycles. The lowest BCUT2D eigenvalue weighted by atomic mass is 10.3. The molecular formula is C13H10FN3S. The largest absolute Gasteiger partial charge is 0.357 e. The molecule has 0 atom stereocenters. The van der Waals surface area contributed by atoms with E-state index in [0.717, 1.165) is 20.9 Å². The molecule has 2 aromatic heterocycles. The zero-order valence-electron chi connectivity index (χ0n) is 9.43. The highest BCUT2D eigenvalue weighted by atomic mass is 32.1. The minimum Gasteiger partial charge on any atom is -0.357 e. The molecule has 5 heteroatoms. The van der Waals surface area contributed by atoms with Crippen molar-refractivity contribution in [2.24, 2.45) is 0 Å². The summed E-state index contributed by atoms with van der Waals surface area (Å²) in [5, 5.41) is 4.03. The summed E-state index contributed by atoms with van der Waals surface area (Å²) in [5.41, 5.74) is 1.95. The average molecular weight is 259 g/mol. The van der Waals surface area contributed by atoms with Gasteiger partial charge in [0.05, 0.1) is 10.2 Å².